The summed E-state index contributed by atoms with van der Waals surface area (Å²) in [5, 5.41) is 0. The summed E-state index contributed by atoms with van der Waals surface area (Å²) in [5.74, 6) is 0.333. The highest BCUT2D eigenvalue weighted by Gasteiger charge is 2.28. The van der Waals surface area contributed by atoms with E-state index in [-0.39, 0.29) is 6.04 Å². The van der Waals surface area contributed by atoms with E-state index in [0.717, 1.165) is 17.3 Å². The van der Waals surface area contributed by atoms with Crippen LogP contribution < -0.4 is 4.72 Å². The summed E-state index contributed by atoms with van der Waals surface area (Å²) in [6, 6.07) is 0.0381. The number of nitrogens with one attached hydrogen (secondary N) is 1. The molecule has 0 spiro atoms. The average molecular weight is 346 g/mol. The van der Waals surface area contributed by atoms with Crippen LogP contribution in [0.5, 0.6) is 0 Å². The predicted molar refractivity (Wildman–Crippen MR) is 70.4 cm³/mol. The quantitative estimate of drug-likeness (QED) is 0.604. The number of halogens is 1. The van der Waals surface area contributed by atoms with E-state index in [2.05, 4.69) is 27.3 Å². The van der Waals surface area contributed by atoms with Gasteiger partial charge in [-0.1, -0.05) is 36.4 Å². The molecule has 0 bridgehead atoms. The van der Waals surface area contributed by atoms with Gasteiger partial charge in [0.15, 0.2) is 0 Å². The van der Waals surface area contributed by atoms with Gasteiger partial charge in [0.05, 0.1) is 0 Å². The minimum absolute atomic E-state index is 0.0381. The molecule has 15 heavy (non-hydrogen) atoms. The smallest absolute Gasteiger partial charge is 0.198 e. The molecular weight excluding hydrogens is 327 g/mol. The molecule has 1 N–H and O–H groups in total. The van der Waals surface area contributed by atoms with Crippen molar-refractivity contribution in [1.29, 1.82) is 0 Å². The highest BCUT2D eigenvalue weighted by Crippen LogP contribution is 2.14. The van der Waals surface area contributed by atoms with Crippen LogP contribution in [0.4, 0.5) is 0 Å². The van der Waals surface area contributed by atoms with E-state index < -0.39 is 10.2 Å². The third-order valence-corrected chi connectivity index (χ3v) is 5.27. The van der Waals surface area contributed by atoms with Gasteiger partial charge in [-0.25, -0.2) is 0 Å². The van der Waals surface area contributed by atoms with Crippen LogP contribution in [0.2, 0.25) is 0 Å². The van der Waals surface area contributed by atoms with Gasteiger partial charge in [0, 0.05) is 23.6 Å². The van der Waals surface area contributed by atoms with Crippen molar-refractivity contribution in [1.82, 2.24) is 9.03 Å². The van der Waals surface area contributed by atoms with Crippen LogP contribution in [0.25, 0.3) is 0 Å². The Morgan fingerprint density at radius 2 is 1.87 bits per heavy atom. The molecule has 1 unspecified atom stereocenters. The van der Waals surface area contributed by atoms with Crippen molar-refractivity contribution >= 4 is 32.8 Å². The van der Waals surface area contributed by atoms with Gasteiger partial charge in [0.2, 0.25) is 0 Å². The Morgan fingerprint density at radius 3 is 2.27 bits per heavy atom. The Bertz CT molecular complexity index is 286. The van der Waals surface area contributed by atoms with Crippen LogP contribution in [0.1, 0.15) is 26.7 Å². The second-order valence-electron chi connectivity index (χ2n) is 4.23. The lowest BCUT2D eigenvalue weighted by Crippen LogP contribution is -2.46. The Hall–Kier alpha value is 0.600. The summed E-state index contributed by atoms with van der Waals surface area (Å²) in [6.07, 6.45) is 1.97. The second kappa shape index (κ2) is 5.79. The molecule has 90 valence electrons. The molecule has 4 nitrogen and oxygen atoms in total. The third kappa shape index (κ3) is 3.83. The van der Waals surface area contributed by atoms with Crippen LogP contribution in [0, 0.1) is 5.92 Å². The first-order valence-corrected chi connectivity index (χ1v) is 8.27. The fraction of sp³-hybridized carbons (Fsp3) is 1.00. The summed E-state index contributed by atoms with van der Waals surface area (Å²) in [6.45, 7) is 5.41. The zero-order valence-electron chi connectivity index (χ0n) is 9.24. The van der Waals surface area contributed by atoms with E-state index in [1.807, 2.05) is 13.8 Å². The summed E-state index contributed by atoms with van der Waals surface area (Å²) in [7, 11) is -3.24. The van der Waals surface area contributed by atoms with Gasteiger partial charge in [0.1, 0.15) is 0 Å². The van der Waals surface area contributed by atoms with Gasteiger partial charge < -0.3 is 0 Å². The monoisotopic (exact) mass is 346 g/mol. The van der Waals surface area contributed by atoms with Gasteiger partial charge in [-0.15, -0.1) is 0 Å². The standard InChI is InChI=1S/C9H19IN2O2S/c1-8(2)9(7-10)11-15(13,14)12-5-3-4-6-12/h8-9,11H,3-7H2,1-2H3. The summed E-state index contributed by atoms with van der Waals surface area (Å²) in [4.78, 5) is 0. The van der Waals surface area contributed by atoms with Crippen molar-refractivity contribution in [2.45, 2.75) is 32.7 Å². The molecule has 0 aromatic heterocycles. The molecule has 1 atom stereocenters. The van der Waals surface area contributed by atoms with Gasteiger partial charge in [-0.2, -0.15) is 17.4 Å². The summed E-state index contributed by atoms with van der Waals surface area (Å²) < 4.78 is 29.0. The van der Waals surface area contributed by atoms with E-state index in [9.17, 15) is 8.42 Å². The van der Waals surface area contributed by atoms with Gasteiger partial charge in [-0.3, -0.25) is 0 Å². The lowest BCUT2D eigenvalue weighted by atomic mass is 10.1. The maximum atomic E-state index is 11.9. The number of alkyl halides is 1. The van der Waals surface area contributed by atoms with Crippen molar-refractivity contribution in [2.75, 3.05) is 17.5 Å². The normalized spacial score (nSPS) is 21.1. The average Bonchev–Trinajstić information content (AvgIpc) is 2.67. The first-order valence-electron chi connectivity index (χ1n) is 5.30. The first kappa shape index (κ1) is 13.7. The van der Waals surface area contributed by atoms with Crippen molar-refractivity contribution in [3.8, 4) is 0 Å². The Balaban J connectivity index is 2.61. The number of hydrogen-bond acceptors (Lipinski definition) is 2. The number of hydrogen-bond donors (Lipinski definition) is 1. The lowest BCUT2D eigenvalue weighted by molar-refractivity contribution is 0.431. The lowest BCUT2D eigenvalue weighted by Gasteiger charge is -2.23. The van der Waals surface area contributed by atoms with E-state index in [1.165, 1.54) is 0 Å². The van der Waals surface area contributed by atoms with Crippen LogP contribution in [-0.4, -0.2) is 36.3 Å². The van der Waals surface area contributed by atoms with Crippen molar-refractivity contribution in [2.24, 2.45) is 5.92 Å². The molecule has 0 amide bonds. The molecule has 0 saturated carbocycles. The fourth-order valence-corrected chi connectivity index (χ4v) is 4.70. The molecule has 0 aromatic carbocycles. The minimum Gasteiger partial charge on any atom is -0.198 e. The molecule has 0 radical (unpaired) electrons. The maximum Gasteiger partial charge on any atom is 0.279 e. The van der Waals surface area contributed by atoms with E-state index in [0.29, 0.717) is 19.0 Å². The zero-order chi connectivity index (χ0) is 11.5. The SMILES string of the molecule is CC(C)C(CI)NS(=O)(=O)N1CCCC1. The highest BCUT2D eigenvalue weighted by atomic mass is 127. The molecule has 6 heteroatoms. The Morgan fingerprint density at radius 1 is 1.33 bits per heavy atom. The molecule has 1 fully saturated rings. The maximum absolute atomic E-state index is 11.9. The molecule has 1 saturated heterocycles. The number of rotatable bonds is 5. The molecule has 1 aliphatic heterocycles. The number of nitrogens with zero attached hydrogens (tertiary/aromatic N) is 1. The van der Waals surface area contributed by atoms with E-state index in [4.69, 9.17) is 0 Å². The first-order chi connectivity index (χ1) is 6.97. The molecule has 0 aromatic rings. The van der Waals surface area contributed by atoms with Gasteiger partial charge >= 0.3 is 0 Å². The second-order valence-corrected chi connectivity index (χ2v) is 6.82. The van der Waals surface area contributed by atoms with Crippen LogP contribution in [-0.2, 0) is 10.2 Å². The van der Waals surface area contributed by atoms with Crippen LogP contribution in [0.3, 0.4) is 0 Å². The van der Waals surface area contributed by atoms with Crippen molar-refractivity contribution < 1.29 is 8.42 Å². The zero-order valence-corrected chi connectivity index (χ0v) is 12.2. The van der Waals surface area contributed by atoms with Gasteiger partial charge in [0.25, 0.3) is 10.2 Å². The molecule has 0 aliphatic carbocycles. The van der Waals surface area contributed by atoms with Crippen molar-refractivity contribution in [3.63, 3.8) is 0 Å². The molecule has 1 heterocycles. The molecular formula is C9H19IN2O2S. The predicted octanol–water partition coefficient (Wildman–Crippen LogP) is 1.38. The van der Waals surface area contributed by atoms with Crippen LogP contribution >= 0.6 is 22.6 Å². The topological polar surface area (TPSA) is 49.4 Å². The van der Waals surface area contributed by atoms with Crippen LogP contribution in [0.15, 0.2) is 0 Å². The van der Waals surface area contributed by atoms with E-state index >= 15 is 0 Å². The highest BCUT2D eigenvalue weighted by molar-refractivity contribution is 14.1. The van der Waals surface area contributed by atoms with E-state index in [1.54, 1.807) is 4.31 Å². The largest absolute Gasteiger partial charge is 0.279 e. The third-order valence-electron chi connectivity index (χ3n) is 2.68. The minimum atomic E-state index is -3.24. The Kier molecular flexibility index (Phi) is 5.27. The van der Waals surface area contributed by atoms with Gasteiger partial charge in [-0.05, 0) is 18.8 Å². The summed E-state index contributed by atoms with van der Waals surface area (Å²) >= 11 is 2.22. The molecule has 1 aliphatic rings. The Labute approximate surface area is 106 Å². The molecule has 1 rings (SSSR count). The fourth-order valence-electron chi connectivity index (χ4n) is 1.54. The summed E-state index contributed by atoms with van der Waals surface area (Å²) in [5.41, 5.74) is 0. The van der Waals surface area contributed by atoms with Crippen molar-refractivity contribution in [3.05, 3.63) is 0 Å².